The molecular weight excluding hydrogens is 330 g/mol. The van der Waals surface area contributed by atoms with Crippen LogP contribution < -0.4 is 5.32 Å². The van der Waals surface area contributed by atoms with Crippen molar-refractivity contribution in [1.29, 1.82) is 0 Å². The first-order chi connectivity index (χ1) is 8.08. The van der Waals surface area contributed by atoms with Crippen LogP contribution in [0.3, 0.4) is 0 Å². The smallest absolute Gasteiger partial charge is 0.160 e. The maximum Gasteiger partial charge on any atom is 0.160 e. The molecule has 0 unspecified atom stereocenters. The van der Waals surface area contributed by atoms with Crippen LogP contribution in [0.5, 0.6) is 0 Å². The van der Waals surface area contributed by atoms with Gasteiger partial charge in [-0.2, -0.15) is 0 Å². The molecule has 17 heavy (non-hydrogen) atoms. The summed E-state index contributed by atoms with van der Waals surface area (Å²) in [6, 6.07) is 6.52. The van der Waals surface area contributed by atoms with Crippen LogP contribution in [0.25, 0.3) is 0 Å². The highest BCUT2D eigenvalue weighted by atomic mass is 79.9. The Morgan fingerprint density at radius 3 is 2.47 bits per heavy atom. The summed E-state index contributed by atoms with van der Waals surface area (Å²) in [6.07, 6.45) is 1.64. The van der Waals surface area contributed by atoms with Crippen LogP contribution in [0.4, 0.5) is 15.9 Å². The van der Waals surface area contributed by atoms with Crippen LogP contribution in [0.15, 0.2) is 34.9 Å². The fourth-order valence-electron chi connectivity index (χ4n) is 1.24. The molecule has 0 spiro atoms. The van der Waals surface area contributed by atoms with Crippen molar-refractivity contribution in [2.24, 2.45) is 0 Å². The van der Waals surface area contributed by atoms with Gasteiger partial charge in [0.05, 0.1) is 14.5 Å². The topological polar surface area (TPSA) is 24.9 Å². The van der Waals surface area contributed by atoms with Gasteiger partial charge < -0.3 is 5.32 Å². The molecule has 0 saturated heterocycles. The molecule has 0 atom stereocenters. The first-order valence-electron chi connectivity index (χ1n) is 4.60. The van der Waals surface area contributed by atoms with E-state index in [-0.39, 0.29) is 10.0 Å². The highest BCUT2D eigenvalue weighted by molar-refractivity contribution is 9.10. The third-order valence-corrected chi connectivity index (χ3v) is 3.19. The average molecular weight is 336 g/mol. The Morgan fingerprint density at radius 1 is 1.24 bits per heavy atom. The number of anilines is 2. The summed E-state index contributed by atoms with van der Waals surface area (Å²) < 4.78 is 14.0. The van der Waals surface area contributed by atoms with Crippen LogP contribution in [0.2, 0.25) is 10.0 Å². The molecular formula is C11H6BrCl2FN2. The quantitative estimate of drug-likeness (QED) is 0.778. The van der Waals surface area contributed by atoms with Crippen molar-refractivity contribution < 1.29 is 4.39 Å². The maximum atomic E-state index is 13.2. The molecule has 0 aliphatic heterocycles. The van der Waals surface area contributed by atoms with Crippen molar-refractivity contribution in [2.75, 3.05) is 5.32 Å². The Kier molecular flexibility index (Phi) is 3.86. The van der Waals surface area contributed by atoms with Crippen LogP contribution in [-0.2, 0) is 0 Å². The molecule has 1 aromatic carbocycles. The highest BCUT2D eigenvalue weighted by Crippen LogP contribution is 2.30. The minimum Gasteiger partial charge on any atom is -0.339 e. The monoisotopic (exact) mass is 334 g/mol. The first kappa shape index (κ1) is 12.6. The Balaban J connectivity index is 2.34. The lowest BCUT2D eigenvalue weighted by molar-refractivity contribution is 0.629. The summed E-state index contributed by atoms with van der Waals surface area (Å²) in [4.78, 5) is 4.12. The first-order valence-corrected chi connectivity index (χ1v) is 6.15. The predicted octanol–water partition coefficient (Wildman–Crippen LogP) is 5.03. The minimum atomic E-state index is -0.626. The second-order valence-corrected chi connectivity index (χ2v) is 4.88. The highest BCUT2D eigenvalue weighted by Gasteiger charge is 2.08. The SMILES string of the molecule is Fc1c(Cl)cc(Nc2ncccc2Br)cc1Cl. The van der Waals surface area contributed by atoms with E-state index in [4.69, 9.17) is 23.2 Å². The van der Waals surface area contributed by atoms with Crippen molar-refractivity contribution in [1.82, 2.24) is 4.98 Å². The fraction of sp³-hybridized carbons (Fsp3) is 0. The van der Waals surface area contributed by atoms with Gasteiger partial charge in [0.1, 0.15) is 5.82 Å². The van der Waals surface area contributed by atoms with E-state index in [0.29, 0.717) is 11.5 Å². The summed E-state index contributed by atoms with van der Waals surface area (Å²) in [5, 5.41) is 2.92. The van der Waals surface area contributed by atoms with Crippen LogP contribution >= 0.6 is 39.1 Å². The van der Waals surface area contributed by atoms with Gasteiger partial charge in [-0.05, 0) is 40.2 Å². The lowest BCUT2D eigenvalue weighted by atomic mass is 10.3. The average Bonchev–Trinajstić information content (AvgIpc) is 2.29. The number of rotatable bonds is 2. The van der Waals surface area contributed by atoms with Crippen molar-refractivity contribution in [2.45, 2.75) is 0 Å². The summed E-state index contributed by atoms with van der Waals surface area (Å²) in [6.45, 7) is 0. The molecule has 2 nitrogen and oxygen atoms in total. The lowest BCUT2D eigenvalue weighted by Crippen LogP contribution is -1.95. The molecule has 0 saturated carbocycles. The van der Waals surface area contributed by atoms with Gasteiger partial charge in [-0.15, -0.1) is 0 Å². The summed E-state index contributed by atoms with van der Waals surface area (Å²) in [5.74, 6) is -0.0230. The molecule has 2 rings (SSSR count). The van der Waals surface area contributed by atoms with Gasteiger partial charge in [0, 0.05) is 11.9 Å². The largest absolute Gasteiger partial charge is 0.339 e. The lowest BCUT2D eigenvalue weighted by Gasteiger charge is -2.08. The van der Waals surface area contributed by atoms with E-state index >= 15 is 0 Å². The van der Waals surface area contributed by atoms with E-state index in [1.807, 2.05) is 6.07 Å². The number of nitrogens with one attached hydrogen (secondary N) is 1. The molecule has 1 aromatic heterocycles. The normalized spacial score (nSPS) is 10.4. The number of hydrogen-bond donors (Lipinski definition) is 1. The van der Waals surface area contributed by atoms with Gasteiger partial charge in [-0.3, -0.25) is 0 Å². The van der Waals surface area contributed by atoms with E-state index in [0.717, 1.165) is 4.47 Å². The number of aromatic nitrogens is 1. The molecule has 6 heteroatoms. The molecule has 88 valence electrons. The van der Waals surface area contributed by atoms with Gasteiger partial charge >= 0.3 is 0 Å². The molecule has 1 N–H and O–H groups in total. The van der Waals surface area contributed by atoms with Crippen molar-refractivity contribution >= 4 is 50.6 Å². The minimum absolute atomic E-state index is 0.0351. The Bertz CT molecular complexity index is 540. The number of pyridine rings is 1. The zero-order chi connectivity index (χ0) is 12.4. The number of hydrogen-bond acceptors (Lipinski definition) is 2. The van der Waals surface area contributed by atoms with Gasteiger partial charge in [-0.1, -0.05) is 23.2 Å². The second-order valence-electron chi connectivity index (χ2n) is 3.21. The molecule has 0 amide bonds. The van der Waals surface area contributed by atoms with Crippen LogP contribution in [0.1, 0.15) is 0 Å². The van der Waals surface area contributed by atoms with E-state index in [2.05, 4.69) is 26.2 Å². The molecule has 0 radical (unpaired) electrons. The zero-order valence-corrected chi connectivity index (χ0v) is 11.4. The third-order valence-electron chi connectivity index (χ3n) is 2.01. The maximum absolute atomic E-state index is 13.2. The summed E-state index contributed by atoms with van der Waals surface area (Å²) in [7, 11) is 0. The molecule has 0 bridgehead atoms. The molecule has 0 aliphatic carbocycles. The molecule has 1 heterocycles. The summed E-state index contributed by atoms with van der Waals surface area (Å²) in [5.41, 5.74) is 0.570. The van der Waals surface area contributed by atoms with E-state index < -0.39 is 5.82 Å². The summed E-state index contributed by atoms with van der Waals surface area (Å²) >= 11 is 14.7. The van der Waals surface area contributed by atoms with Crippen molar-refractivity contribution in [3.8, 4) is 0 Å². The third kappa shape index (κ3) is 2.89. The van der Waals surface area contributed by atoms with Crippen molar-refractivity contribution in [3.63, 3.8) is 0 Å². The number of nitrogens with zero attached hydrogens (tertiary/aromatic N) is 1. The second kappa shape index (κ2) is 5.21. The van der Waals surface area contributed by atoms with Crippen molar-refractivity contribution in [3.05, 3.63) is 50.8 Å². The zero-order valence-electron chi connectivity index (χ0n) is 8.35. The molecule has 0 fully saturated rings. The Morgan fingerprint density at radius 2 is 1.88 bits per heavy atom. The standard InChI is InChI=1S/C11H6BrCl2FN2/c12-7-2-1-3-16-11(7)17-6-4-8(13)10(15)9(14)5-6/h1-5H,(H,16,17). The predicted molar refractivity (Wildman–Crippen MR) is 71.6 cm³/mol. The number of benzene rings is 1. The van der Waals surface area contributed by atoms with Gasteiger partial charge in [0.15, 0.2) is 5.82 Å². The van der Waals surface area contributed by atoms with Gasteiger partial charge in [0.25, 0.3) is 0 Å². The fourth-order valence-corrected chi connectivity index (χ4v) is 2.08. The molecule has 2 aromatic rings. The van der Waals surface area contributed by atoms with E-state index in [1.165, 1.54) is 12.1 Å². The Hall–Kier alpha value is -0.840. The van der Waals surface area contributed by atoms with Crippen LogP contribution in [-0.4, -0.2) is 4.98 Å². The van der Waals surface area contributed by atoms with E-state index in [9.17, 15) is 4.39 Å². The van der Waals surface area contributed by atoms with Gasteiger partial charge in [-0.25, -0.2) is 9.37 Å². The van der Waals surface area contributed by atoms with E-state index in [1.54, 1.807) is 12.3 Å². The Labute approximate surface area is 116 Å². The van der Waals surface area contributed by atoms with Gasteiger partial charge in [0.2, 0.25) is 0 Å². The number of halogens is 4. The molecule has 0 aliphatic rings. The van der Waals surface area contributed by atoms with Crippen LogP contribution in [0, 0.1) is 5.82 Å².